The number of nitrogens with zero attached hydrogens (tertiary/aromatic N) is 4. The first kappa shape index (κ1) is 16.9. The quantitative estimate of drug-likeness (QED) is 0.475. The molecule has 0 radical (unpaired) electrons. The predicted molar refractivity (Wildman–Crippen MR) is 105 cm³/mol. The first-order valence-electron chi connectivity index (χ1n) is 9.28. The summed E-state index contributed by atoms with van der Waals surface area (Å²) in [6, 6.07) is 11.0. The van der Waals surface area contributed by atoms with Crippen molar-refractivity contribution in [2.24, 2.45) is 0 Å². The molecule has 0 unspecified atom stereocenters. The van der Waals surface area contributed by atoms with E-state index in [0.717, 1.165) is 40.5 Å². The number of imidazole rings is 1. The molecule has 140 valence electrons. The summed E-state index contributed by atoms with van der Waals surface area (Å²) in [5, 5.41) is 0.758. The highest BCUT2D eigenvalue weighted by Crippen LogP contribution is 2.38. The number of benzene rings is 2. The standard InChI is InChI=1S/C22H19FN4O/c1-13-16-6-4-7-17(23)21(16)26-19(24-13)10-9-15-12-27-11-14-5-3-8-18(28-2)20(14)22(27)25-15/h3-8,12H,9-11H2,1-2H3. The van der Waals surface area contributed by atoms with E-state index < -0.39 is 0 Å². The highest BCUT2D eigenvalue weighted by atomic mass is 19.1. The molecule has 0 aliphatic carbocycles. The molecule has 1 aliphatic rings. The van der Waals surface area contributed by atoms with Crippen molar-refractivity contribution < 1.29 is 9.13 Å². The van der Waals surface area contributed by atoms with Gasteiger partial charge in [-0.25, -0.2) is 19.3 Å². The fraction of sp³-hybridized carbons (Fsp3) is 0.227. The molecule has 5 nitrogen and oxygen atoms in total. The van der Waals surface area contributed by atoms with Crippen LogP contribution in [0.2, 0.25) is 0 Å². The van der Waals surface area contributed by atoms with Gasteiger partial charge in [0.15, 0.2) is 0 Å². The van der Waals surface area contributed by atoms with E-state index in [1.807, 2.05) is 25.1 Å². The maximum atomic E-state index is 14.1. The maximum Gasteiger partial charge on any atom is 0.149 e. The zero-order valence-electron chi connectivity index (χ0n) is 15.7. The second-order valence-electron chi connectivity index (χ2n) is 7.04. The third-order valence-electron chi connectivity index (χ3n) is 5.24. The number of aromatic nitrogens is 4. The van der Waals surface area contributed by atoms with Crippen LogP contribution in [0.5, 0.6) is 5.75 Å². The summed E-state index contributed by atoms with van der Waals surface area (Å²) in [5.74, 6) is 2.11. The van der Waals surface area contributed by atoms with E-state index >= 15 is 0 Å². The van der Waals surface area contributed by atoms with Crippen LogP contribution in [0, 0.1) is 12.7 Å². The monoisotopic (exact) mass is 374 g/mol. The second kappa shape index (κ2) is 6.41. The summed E-state index contributed by atoms with van der Waals surface area (Å²) in [7, 11) is 1.68. The zero-order valence-corrected chi connectivity index (χ0v) is 15.7. The lowest BCUT2D eigenvalue weighted by Gasteiger charge is -2.06. The van der Waals surface area contributed by atoms with Gasteiger partial charge in [-0.2, -0.15) is 0 Å². The van der Waals surface area contributed by atoms with Crippen LogP contribution >= 0.6 is 0 Å². The summed E-state index contributed by atoms with van der Waals surface area (Å²) in [6.07, 6.45) is 3.38. The van der Waals surface area contributed by atoms with Crippen molar-refractivity contribution in [3.63, 3.8) is 0 Å². The highest BCUT2D eigenvalue weighted by Gasteiger charge is 2.24. The Kier molecular flexibility index (Phi) is 3.86. The molecular weight excluding hydrogens is 355 g/mol. The Balaban J connectivity index is 1.42. The van der Waals surface area contributed by atoms with Crippen molar-refractivity contribution in [2.75, 3.05) is 7.11 Å². The van der Waals surface area contributed by atoms with E-state index in [1.165, 1.54) is 11.6 Å². The molecule has 0 fully saturated rings. The number of rotatable bonds is 4. The molecule has 0 amide bonds. The Bertz CT molecular complexity index is 1210. The lowest BCUT2D eigenvalue weighted by atomic mass is 10.1. The molecule has 0 atom stereocenters. The first-order valence-corrected chi connectivity index (χ1v) is 9.28. The highest BCUT2D eigenvalue weighted by molar-refractivity contribution is 5.81. The summed E-state index contributed by atoms with van der Waals surface area (Å²) in [6.45, 7) is 2.69. The Labute approximate surface area is 161 Å². The van der Waals surface area contributed by atoms with Gasteiger partial charge in [0, 0.05) is 30.2 Å². The lowest BCUT2D eigenvalue weighted by Crippen LogP contribution is -2.02. The van der Waals surface area contributed by atoms with Gasteiger partial charge < -0.3 is 9.30 Å². The van der Waals surface area contributed by atoms with Crippen molar-refractivity contribution in [1.29, 1.82) is 0 Å². The van der Waals surface area contributed by atoms with Crippen LogP contribution in [-0.4, -0.2) is 26.6 Å². The summed E-state index contributed by atoms with van der Waals surface area (Å²) < 4.78 is 21.8. The van der Waals surface area contributed by atoms with E-state index in [0.29, 0.717) is 24.2 Å². The number of ether oxygens (including phenoxy) is 1. The van der Waals surface area contributed by atoms with E-state index in [2.05, 4.69) is 26.8 Å². The van der Waals surface area contributed by atoms with Gasteiger partial charge >= 0.3 is 0 Å². The predicted octanol–water partition coefficient (Wildman–Crippen LogP) is 4.10. The van der Waals surface area contributed by atoms with Crippen LogP contribution in [0.3, 0.4) is 0 Å². The van der Waals surface area contributed by atoms with Crippen LogP contribution in [0.1, 0.15) is 22.8 Å². The number of hydrogen-bond acceptors (Lipinski definition) is 4. The van der Waals surface area contributed by atoms with E-state index in [-0.39, 0.29) is 5.82 Å². The van der Waals surface area contributed by atoms with E-state index in [1.54, 1.807) is 13.2 Å². The van der Waals surface area contributed by atoms with Gasteiger partial charge in [0.1, 0.15) is 28.7 Å². The summed E-state index contributed by atoms with van der Waals surface area (Å²) in [4.78, 5) is 13.8. The summed E-state index contributed by atoms with van der Waals surface area (Å²) >= 11 is 0. The molecule has 1 aliphatic heterocycles. The minimum absolute atomic E-state index is 0.311. The zero-order chi connectivity index (χ0) is 19.3. The molecule has 0 spiro atoms. The van der Waals surface area contributed by atoms with Crippen molar-refractivity contribution in [2.45, 2.75) is 26.3 Å². The maximum absolute atomic E-state index is 14.1. The molecule has 4 aromatic rings. The van der Waals surface area contributed by atoms with Gasteiger partial charge in [0.05, 0.1) is 18.4 Å². The van der Waals surface area contributed by atoms with Crippen molar-refractivity contribution >= 4 is 10.9 Å². The Hall–Kier alpha value is -3.28. The molecule has 2 aromatic heterocycles. The van der Waals surface area contributed by atoms with Crippen molar-refractivity contribution in [3.05, 3.63) is 71.2 Å². The minimum atomic E-state index is -0.311. The van der Waals surface area contributed by atoms with Crippen molar-refractivity contribution in [1.82, 2.24) is 19.5 Å². The fourth-order valence-corrected chi connectivity index (χ4v) is 3.91. The molecule has 3 heterocycles. The number of hydrogen-bond donors (Lipinski definition) is 0. The van der Waals surface area contributed by atoms with Crippen LogP contribution in [-0.2, 0) is 19.4 Å². The number of halogens is 1. The van der Waals surface area contributed by atoms with Gasteiger partial charge in [-0.1, -0.05) is 24.3 Å². The molecular formula is C22H19FN4O. The summed E-state index contributed by atoms with van der Waals surface area (Å²) in [5.41, 5.74) is 4.44. The number of aryl methyl sites for hydroxylation is 3. The largest absolute Gasteiger partial charge is 0.496 e. The normalized spacial score (nSPS) is 12.2. The minimum Gasteiger partial charge on any atom is -0.496 e. The molecule has 28 heavy (non-hydrogen) atoms. The average molecular weight is 374 g/mol. The number of methoxy groups -OCH3 is 1. The molecule has 0 saturated carbocycles. The number of fused-ring (bicyclic) bond motifs is 4. The third kappa shape index (κ3) is 2.64. The molecule has 0 saturated heterocycles. The SMILES string of the molecule is COc1cccc2c1-c1nc(CCc3nc(C)c4cccc(F)c4n3)cn1C2. The van der Waals surface area contributed by atoms with E-state index in [4.69, 9.17) is 9.72 Å². The molecule has 5 rings (SSSR count). The third-order valence-corrected chi connectivity index (χ3v) is 5.24. The van der Waals surface area contributed by atoms with Gasteiger partial charge in [-0.15, -0.1) is 0 Å². The Morgan fingerprint density at radius 1 is 1.07 bits per heavy atom. The number of para-hydroxylation sites is 1. The van der Waals surface area contributed by atoms with E-state index in [9.17, 15) is 4.39 Å². The van der Waals surface area contributed by atoms with Gasteiger partial charge in [0.2, 0.25) is 0 Å². The van der Waals surface area contributed by atoms with Gasteiger partial charge in [-0.3, -0.25) is 0 Å². The molecule has 6 heteroatoms. The molecule has 2 aromatic carbocycles. The van der Waals surface area contributed by atoms with Crippen molar-refractivity contribution in [3.8, 4) is 17.1 Å². The van der Waals surface area contributed by atoms with Crippen LogP contribution in [0.15, 0.2) is 42.6 Å². The Morgan fingerprint density at radius 2 is 1.93 bits per heavy atom. The van der Waals surface area contributed by atoms with Crippen LogP contribution in [0.25, 0.3) is 22.3 Å². The first-order chi connectivity index (χ1) is 13.6. The van der Waals surface area contributed by atoms with Crippen LogP contribution < -0.4 is 4.74 Å². The smallest absolute Gasteiger partial charge is 0.149 e. The molecule has 0 N–H and O–H groups in total. The average Bonchev–Trinajstić information content (AvgIpc) is 3.24. The van der Waals surface area contributed by atoms with Gasteiger partial charge in [0.25, 0.3) is 0 Å². The fourth-order valence-electron chi connectivity index (χ4n) is 3.91. The topological polar surface area (TPSA) is 52.8 Å². The van der Waals surface area contributed by atoms with Gasteiger partial charge in [-0.05, 0) is 31.0 Å². The second-order valence-corrected chi connectivity index (χ2v) is 7.04. The Morgan fingerprint density at radius 3 is 2.79 bits per heavy atom. The molecule has 0 bridgehead atoms. The van der Waals surface area contributed by atoms with Crippen LogP contribution in [0.4, 0.5) is 4.39 Å². The lowest BCUT2D eigenvalue weighted by molar-refractivity contribution is 0.416.